The fraction of sp³-hybridized carbons (Fsp3) is 0.211. The van der Waals surface area contributed by atoms with E-state index in [9.17, 15) is 4.79 Å². The largest absolute Gasteiger partial charge is 0.419 e. The van der Waals surface area contributed by atoms with E-state index in [1.807, 2.05) is 24.1 Å². The van der Waals surface area contributed by atoms with Crippen molar-refractivity contribution in [2.24, 2.45) is 0 Å². The number of hydrogen-bond donors (Lipinski definition) is 1. The SMILES string of the molecule is CNC(=O)c1ccc(CN(C)Cc2nnc(-c3ccc(Cl)cc3Cl)o2)cc1. The Morgan fingerprint density at radius 2 is 1.85 bits per heavy atom. The van der Waals surface area contributed by atoms with Crippen molar-refractivity contribution in [1.29, 1.82) is 0 Å². The van der Waals surface area contributed by atoms with Gasteiger partial charge in [0.2, 0.25) is 11.8 Å². The Kier molecular flexibility index (Phi) is 6.11. The third-order valence-electron chi connectivity index (χ3n) is 3.93. The van der Waals surface area contributed by atoms with Gasteiger partial charge in [0.1, 0.15) is 0 Å². The molecule has 0 saturated carbocycles. The summed E-state index contributed by atoms with van der Waals surface area (Å²) in [6.45, 7) is 1.16. The van der Waals surface area contributed by atoms with Gasteiger partial charge >= 0.3 is 0 Å². The van der Waals surface area contributed by atoms with Gasteiger partial charge in [-0.2, -0.15) is 0 Å². The van der Waals surface area contributed by atoms with Gasteiger partial charge in [0, 0.05) is 24.2 Å². The van der Waals surface area contributed by atoms with Crippen molar-refractivity contribution in [3.8, 4) is 11.5 Å². The molecule has 140 valence electrons. The summed E-state index contributed by atoms with van der Waals surface area (Å²) in [5.41, 5.74) is 2.35. The summed E-state index contributed by atoms with van der Waals surface area (Å²) in [7, 11) is 3.56. The zero-order chi connectivity index (χ0) is 19.4. The molecule has 3 aromatic rings. The number of nitrogens with one attached hydrogen (secondary N) is 1. The predicted octanol–water partition coefficient (Wildman–Crippen LogP) is 4.04. The third-order valence-corrected chi connectivity index (χ3v) is 4.48. The number of aromatic nitrogens is 2. The van der Waals surface area contributed by atoms with Gasteiger partial charge in [-0.05, 0) is 42.9 Å². The molecule has 2 aromatic carbocycles. The fourth-order valence-electron chi connectivity index (χ4n) is 2.59. The summed E-state index contributed by atoms with van der Waals surface area (Å²) in [6, 6.07) is 12.6. The second-order valence-electron chi connectivity index (χ2n) is 6.07. The van der Waals surface area contributed by atoms with E-state index in [1.54, 1.807) is 37.4 Å². The lowest BCUT2D eigenvalue weighted by atomic mass is 10.1. The Morgan fingerprint density at radius 3 is 2.52 bits per heavy atom. The van der Waals surface area contributed by atoms with Crippen LogP contribution >= 0.6 is 23.2 Å². The summed E-state index contributed by atoms with van der Waals surface area (Å²) in [6.07, 6.45) is 0. The molecule has 27 heavy (non-hydrogen) atoms. The average Bonchev–Trinajstić information content (AvgIpc) is 3.09. The lowest BCUT2D eigenvalue weighted by Gasteiger charge is -2.14. The van der Waals surface area contributed by atoms with Crippen LogP contribution in [0.5, 0.6) is 0 Å². The van der Waals surface area contributed by atoms with Crippen molar-refractivity contribution in [3.05, 3.63) is 69.5 Å². The summed E-state index contributed by atoms with van der Waals surface area (Å²) in [5.74, 6) is 0.740. The Labute approximate surface area is 167 Å². The molecule has 0 aliphatic rings. The normalized spacial score (nSPS) is 11.0. The molecular formula is C19H18Cl2N4O2. The van der Waals surface area contributed by atoms with Crippen LogP contribution in [0.2, 0.25) is 10.0 Å². The van der Waals surface area contributed by atoms with E-state index >= 15 is 0 Å². The first-order chi connectivity index (χ1) is 13.0. The zero-order valence-corrected chi connectivity index (χ0v) is 16.4. The maximum atomic E-state index is 11.6. The lowest BCUT2D eigenvalue weighted by Crippen LogP contribution is -2.19. The van der Waals surface area contributed by atoms with Gasteiger partial charge < -0.3 is 9.73 Å². The second kappa shape index (κ2) is 8.52. The number of rotatable bonds is 6. The van der Waals surface area contributed by atoms with Crippen LogP contribution in [0.15, 0.2) is 46.9 Å². The fourth-order valence-corrected chi connectivity index (χ4v) is 3.08. The van der Waals surface area contributed by atoms with E-state index in [1.165, 1.54) is 0 Å². The first-order valence-corrected chi connectivity index (χ1v) is 8.99. The molecular weight excluding hydrogens is 387 g/mol. The van der Waals surface area contributed by atoms with Gasteiger partial charge in [-0.15, -0.1) is 10.2 Å². The Morgan fingerprint density at radius 1 is 1.11 bits per heavy atom. The molecule has 0 spiro atoms. The standard InChI is InChI=1S/C19H18Cl2N4O2/c1-22-18(26)13-5-3-12(4-6-13)10-25(2)11-17-23-24-19(27-17)15-8-7-14(20)9-16(15)21/h3-9H,10-11H2,1-2H3,(H,22,26). The average molecular weight is 405 g/mol. The van der Waals surface area contributed by atoms with E-state index in [0.717, 1.165) is 5.56 Å². The molecule has 0 unspecified atom stereocenters. The maximum Gasteiger partial charge on any atom is 0.251 e. The zero-order valence-electron chi connectivity index (χ0n) is 14.9. The monoisotopic (exact) mass is 404 g/mol. The van der Waals surface area contributed by atoms with Crippen molar-refractivity contribution in [1.82, 2.24) is 20.4 Å². The molecule has 1 amide bonds. The first-order valence-electron chi connectivity index (χ1n) is 8.23. The van der Waals surface area contributed by atoms with Gasteiger partial charge in [0.15, 0.2) is 0 Å². The molecule has 6 nitrogen and oxygen atoms in total. The van der Waals surface area contributed by atoms with E-state index < -0.39 is 0 Å². The highest BCUT2D eigenvalue weighted by Crippen LogP contribution is 2.29. The quantitative estimate of drug-likeness (QED) is 0.671. The number of nitrogens with zero attached hydrogens (tertiary/aromatic N) is 3. The van der Waals surface area contributed by atoms with Crippen LogP contribution in [0.3, 0.4) is 0 Å². The van der Waals surface area contributed by atoms with E-state index in [2.05, 4.69) is 15.5 Å². The molecule has 1 heterocycles. The highest BCUT2D eigenvalue weighted by atomic mass is 35.5. The van der Waals surface area contributed by atoms with Crippen molar-refractivity contribution in [3.63, 3.8) is 0 Å². The van der Waals surface area contributed by atoms with Crippen molar-refractivity contribution in [2.45, 2.75) is 13.1 Å². The van der Waals surface area contributed by atoms with Crippen molar-refractivity contribution in [2.75, 3.05) is 14.1 Å². The van der Waals surface area contributed by atoms with Crippen LogP contribution in [0.25, 0.3) is 11.5 Å². The van der Waals surface area contributed by atoms with Gasteiger partial charge in [0.05, 0.1) is 17.1 Å². The number of hydrogen-bond acceptors (Lipinski definition) is 5. The Balaban J connectivity index is 1.64. The molecule has 1 aromatic heterocycles. The molecule has 0 atom stereocenters. The molecule has 0 radical (unpaired) electrons. The summed E-state index contributed by atoms with van der Waals surface area (Å²) in [5, 5.41) is 11.8. The Hall–Kier alpha value is -2.41. The molecule has 0 fully saturated rings. The number of carbonyl (C=O) groups excluding carboxylic acids is 1. The number of benzene rings is 2. The van der Waals surface area contributed by atoms with E-state index in [4.69, 9.17) is 27.6 Å². The first kappa shape index (κ1) is 19.4. The molecule has 8 heteroatoms. The van der Waals surface area contributed by atoms with Crippen LogP contribution in [-0.2, 0) is 13.1 Å². The highest BCUT2D eigenvalue weighted by Gasteiger charge is 2.14. The van der Waals surface area contributed by atoms with Gasteiger partial charge in [-0.3, -0.25) is 9.69 Å². The number of amides is 1. The van der Waals surface area contributed by atoms with Gasteiger partial charge in [-0.1, -0.05) is 35.3 Å². The molecule has 0 saturated heterocycles. The number of carbonyl (C=O) groups is 1. The lowest BCUT2D eigenvalue weighted by molar-refractivity contribution is 0.0963. The topological polar surface area (TPSA) is 71.3 Å². The molecule has 0 bridgehead atoms. The molecule has 0 aliphatic carbocycles. The second-order valence-corrected chi connectivity index (χ2v) is 6.92. The third kappa shape index (κ3) is 4.86. The summed E-state index contributed by atoms with van der Waals surface area (Å²) in [4.78, 5) is 13.6. The van der Waals surface area contributed by atoms with Crippen LogP contribution in [0.1, 0.15) is 21.8 Å². The maximum absolute atomic E-state index is 11.6. The smallest absolute Gasteiger partial charge is 0.251 e. The molecule has 3 rings (SSSR count). The van der Waals surface area contributed by atoms with Gasteiger partial charge in [0.25, 0.3) is 5.91 Å². The summed E-state index contributed by atoms with van der Waals surface area (Å²) < 4.78 is 5.72. The minimum absolute atomic E-state index is 0.103. The molecule has 0 aliphatic heterocycles. The van der Waals surface area contributed by atoms with E-state index in [-0.39, 0.29) is 5.91 Å². The van der Waals surface area contributed by atoms with E-state index in [0.29, 0.717) is 46.0 Å². The number of halogens is 2. The minimum Gasteiger partial charge on any atom is -0.419 e. The van der Waals surface area contributed by atoms with Gasteiger partial charge in [-0.25, -0.2) is 0 Å². The van der Waals surface area contributed by atoms with Crippen LogP contribution in [0.4, 0.5) is 0 Å². The minimum atomic E-state index is -0.103. The Bertz CT molecular complexity index is 941. The summed E-state index contributed by atoms with van der Waals surface area (Å²) >= 11 is 12.1. The highest BCUT2D eigenvalue weighted by molar-refractivity contribution is 6.36. The van der Waals surface area contributed by atoms with Crippen LogP contribution in [0, 0.1) is 0 Å². The molecule has 1 N–H and O–H groups in total. The predicted molar refractivity (Wildman–Crippen MR) is 105 cm³/mol. The van der Waals surface area contributed by atoms with Crippen LogP contribution < -0.4 is 5.32 Å². The van der Waals surface area contributed by atoms with Crippen molar-refractivity contribution < 1.29 is 9.21 Å². The van der Waals surface area contributed by atoms with Crippen LogP contribution in [-0.4, -0.2) is 35.1 Å². The van der Waals surface area contributed by atoms with Crippen molar-refractivity contribution >= 4 is 29.1 Å².